The molecule has 0 radical (unpaired) electrons. The lowest BCUT2D eigenvalue weighted by molar-refractivity contribution is 1.09. The monoisotopic (exact) mass is 222 g/mol. The van der Waals surface area contributed by atoms with Gasteiger partial charge in [0.05, 0.1) is 0 Å². The predicted octanol–water partition coefficient (Wildman–Crippen LogP) is 1.18. The smallest absolute Gasteiger partial charge is 0.270 e. The highest BCUT2D eigenvalue weighted by Gasteiger charge is 2.11. The molecule has 0 unspecified atom stereocenters. The zero-order valence-electron chi connectivity index (χ0n) is 8.64. The highest BCUT2D eigenvalue weighted by Crippen LogP contribution is 2.13. The molecule has 0 aliphatic heterocycles. The summed E-state index contributed by atoms with van der Waals surface area (Å²) >= 11 is 0. The third-order valence-corrected chi connectivity index (χ3v) is 2.18. The van der Waals surface area contributed by atoms with E-state index in [1.807, 2.05) is 6.07 Å². The predicted molar refractivity (Wildman–Crippen MR) is 59.7 cm³/mol. The summed E-state index contributed by atoms with van der Waals surface area (Å²) in [6.45, 7) is 0. The van der Waals surface area contributed by atoms with Crippen molar-refractivity contribution in [3.8, 4) is 23.5 Å². The Morgan fingerprint density at radius 1 is 1.12 bits per heavy atom. The Bertz CT molecular complexity index is 689. The molecule has 1 N–H and O–H groups in total. The lowest BCUT2D eigenvalue weighted by Gasteiger charge is -2.01. The van der Waals surface area contributed by atoms with Gasteiger partial charge in [-0.2, -0.15) is 10.5 Å². The maximum absolute atomic E-state index is 11.6. The van der Waals surface area contributed by atoms with Crippen molar-refractivity contribution in [1.29, 1.82) is 10.5 Å². The first-order valence-corrected chi connectivity index (χ1v) is 4.76. The second-order valence-electron chi connectivity index (χ2n) is 3.23. The fourth-order valence-electron chi connectivity index (χ4n) is 1.39. The molecule has 2 aromatic rings. The van der Waals surface area contributed by atoms with Crippen molar-refractivity contribution >= 4 is 0 Å². The van der Waals surface area contributed by atoms with Gasteiger partial charge in [0.1, 0.15) is 18.0 Å². The quantitative estimate of drug-likeness (QED) is 0.783. The minimum atomic E-state index is -0.599. The van der Waals surface area contributed by atoms with E-state index in [9.17, 15) is 4.79 Å². The molecule has 2 rings (SSSR count). The third-order valence-electron chi connectivity index (χ3n) is 2.18. The van der Waals surface area contributed by atoms with Gasteiger partial charge < -0.3 is 4.98 Å². The second-order valence-corrected chi connectivity index (χ2v) is 3.23. The number of aromatic amines is 1. The molecule has 0 amide bonds. The van der Waals surface area contributed by atoms with Crippen LogP contribution in [0.3, 0.4) is 0 Å². The second kappa shape index (κ2) is 4.30. The van der Waals surface area contributed by atoms with Gasteiger partial charge >= 0.3 is 0 Å². The largest absolute Gasteiger partial charge is 0.305 e. The molecular weight excluding hydrogens is 216 g/mol. The molecule has 0 spiro atoms. The molecule has 1 aromatic carbocycles. The van der Waals surface area contributed by atoms with Crippen LogP contribution >= 0.6 is 0 Å². The van der Waals surface area contributed by atoms with Crippen LogP contribution in [0.5, 0.6) is 0 Å². The van der Waals surface area contributed by atoms with Gasteiger partial charge in [0.2, 0.25) is 0 Å². The molecule has 0 fully saturated rings. The number of nitrogens with zero attached hydrogens (tertiary/aromatic N) is 3. The van der Waals surface area contributed by atoms with Crippen molar-refractivity contribution in [3.05, 3.63) is 51.9 Å². The zero-order chi connectivity index (χ0) is 12.3. The van der Waals surface area contributed by atoms with Crippen molar-refractivity contribution in [1.82, 2.24) is 9.97 Å². The maximum Gasteiger partial charge on any atom is 0.270 e. The van der Waals surface area contributed by atoms with Crippen LogP contribution in [0.2, 0.25) is 0 Å². The molecule has 0 aliphatic carbocycles. The van der Waals surface area contributed by atoms with E-state index in [0.29, 0.717) is 5.56 Å². The van der Waals surface area contributed by atoms with Gasteiger partial charge in [0.15, 0.2) is 11.3 Å². The van der Waals surface area contributed by atoms with Crippen molar-refractivity contribution in [2.45, 2.75) is 0 Å². The number of nitrogens with one attached hydrogen (secondary N) is 1. The molecule has 0 bridgehead atoms. The molecule has 0 saturated carbocycles. The van der Waals surface area contributed by atoms with E-state index in [2.05, 4.69) is 9.97 Å². The molecular formula is C12H6N4O. The first-order valence-electron chi connectivity index (χ1n) is 4.76. The van der Waals surface area contributed by atoms with Gasteiger partial charge in [-0.05, 0) is 0 Å². The first-order chi connectivity index (χ1) is 8.26. The van der Waals surface area contributed by atoms with E-state index in [4.69, 9.17) is 10.5 Å². The summed E-state index contributed by atoms with van der Waals surface area (Å²) in [4.78, 5) is 18.0. The van der Waals surface area contributed by atoms with E-state index >= 15 is 0 Å². The SMILES string of the molecule is N#Cc1nc(-c2ccccc2)[nH]c(=O)c1C#N. The van der Waals surface area contributed by atoms with Crippen LogP contribution in [0.1, 0.15) is 11.3 Å². The van der Waals surface area contributed by atoms with E-state index in [1.54, 1.807) is 36.4 Å². The molecule has 0 aliphatic rings. The van der Waals surface area contributed by atoms with Crippen LogP contribution in [-0.4, -0.2) is 9.97 Å². The van der Waals surface area contributed by atoms with Crippen LogP contribution in [0, 0.1) is 22.7 Å². The first kappa shape index (κ1) is 10.6. The summed E-state index contributed by atoms with van der Waals surface area (Å²) in [5.41, 5.74) is -0.328. The number of hydrogen-bond donors (Lipinski definition) is 1. The van der Waals surface area contributed by atoms with Crippen molar-refractivity contribution in [3.63, 3.8) is 0 Å². The molecule has 17 heavy (non-hydrogen) atoms. The molecule has 5 heteroatoms. The van der Waals surface area contributed by atoms with Gasteiger partial charge in [-0.1, -0.05) is 30.3 Å². The van der Waals surface area contributed by atoms with Crippen LogP contribution in [0.4, 0.5) is 0 Å². The van der Waals surface area contributed by atoms with E-state index < -0.39 is 5.56 Å². The fourth-order valence-corrected chi connectivity index (χ4v) is 1.39. The van der Waals surface area contributed by atoms with Crippen LogP contribution < -0.4 is 5.56 Å². The number of H-pyrrole nitrogens is 1. The Morgan fingerprint density at radius 2 is 1.82 bits per heavy atom. The van der Waals surface area contributed by atoms with Gasteiger partial charge in [-0.15, -0.1) is 0 Å². The molecule has 0 saturated heterocycles. The van der Waals surface area contributed by atoms with E-state index in [0.717, 1.165) is 0 Å². The Hall–Kier alpha value is -2.92. The van der Waals surface area contributed by atoms with Crippen molar-refractivity contribution < 1.29 is 0 Å². The van der Waals surface area contributed by atoms with Gasteiger partial charge in [-0.25, -0.2) is 4.98 Å². The van der Waals surface area contributed by atoms with Gasteiger partial charge in [0, 0.05) is 5.56 Å². The number of aromatic nitrogens is 2. The number of nitriles is 2. The standard InChI is InChI=1S/C12H6N4O/c13-6-9-10(7-14)15-11(16-12(9)17)8-4-2-1-3-5-8/h1-5H,(H,15,16,17). The molecule has 1 aromatic heterocycles. The van der Waals surface area contributed by atoms with Gasteiger partial charge in [-0.3, -0.25) is 4.79 Å². The summed E-state index contributed by atoms with van der Waals surface area (Å²) in [7, 11) is 0. The van der Waals surface area contributed by atoms with E-state index in [1.165, 1.54) is 0 Å². The topological polar surface area (TPSA) is 93.3 Å². The maximum atomic E-state index is 11.6. The third kappa shape index (κ3) is 1.90. The summed E-state index contributed by atoms with van der Waals surface area (Å²) in [5.74, 6) is 0.283. The number of rotatable bonds is 1. The number of hydrogen-bond acceptors (Lipinski definition) is 4. The molecule has 5 nitrogen and oxygen atoms in total. The fraction of sp³-hybridized carbons (Fsp3) is 0. The normalized spacial score (nSPS) is 9.29. The van der Waals surface area contributed by atoms with Gasteiger partial charge in [0.25, 0.3) is 5.56 Å². The van der Waals surface area contributed by atoms with Crippen LogP contribution in [-0.2, 0) is 0 Å². The highest BCUT2D eigenvalue weighted by molar-refractivity contribution is 5.56. The van der Waals surface area contributed by atoms with Crippen LogP contribution in [0.25, 0.3) is 11.4 Å². The van der Waals surface area contributed by atoms with Crippen molar-refractivity contribution in [2.24, 2.45) is 0 Å². The lowest BCUT2D eigenvalue weighted by Crippen LogP contribution is -2.15. The minimum absolute atomic E-state index is 0.157. The summed E-state index contributed by atoms with van der Waals surface area (Å²) in [6, 6.07) is 12.3. The summed E-state index contributed by atoms with van der Waals surface area (Å²) < 4.78 is 0. The van der Waals surface area contributed by atoms with Crippen LogP contribution in [0.15, 0.2) is 35.1 Å². The molecule has 80 valence electrons. The Kier molecular flexibility index (Phi) is 2.68. The number of benzene rings is 1. The average molecular weight is 222 g/mol. The summed E-state index contributed by atoms with van der Waals surface area (Å²) in [6.07, 6.45) is 0. The van der Waals surface area contributed by atoms with E-state index in [-0.39, 0.29) is 17.1 Å². The zero-order valence-corrected chi connectivity index (χ0v) is 8.64. The minimum Gasteiger partial charge on any atom is -0.305 e. The Labute approximate surface area is 96.6 Å². The average Bonchev–Trinajstić information content (AvgIpc) is 2.38. The highest BCUT2D eigenvalue weighted by atomic mass is 16.1. The summed E-state index contributed by atoms with van der Waals surface area (Å²) in [5, 5.41) is 17.6. The Balaban J connectivity index is 2.69. The van der Waals surface area contributed by atoms with Crippen molar-refractivity contribution in [2.75, 3.05) is 0 Å². The Morgan fingerprint density at radius 3 is 2.41 bits per heavy atom. The molecule has 1 heterocycles. The lowest BCUT2D eigenvalue weighted by atomic mass is 10.2. The molecule has 0 atom stereocenters.